The van der Waals surface area contributed by atoms with E-state index in [9.17, 15) is 0 Å². The lowest BCUT2D eigenvalue weighted by molar-refractivity contribution is 0.330. The van der Waals surface area contributed by atoms with Crippen LogP contribution >= 0.6 is 0 Å². The molecule has 1 aromatic carbocycles. The van der Waals surface area contributed by atoms with Gasteiger partial charge in [0.05, 0.1) is 6.61 Å². The average molecular weight is 249 g/mol. The predicted octanol–water partition coefficient (Wildman–Crippen LogP) is 4.32. The van der Waals surface area contributed by atoms with Gasteiger partial charge in [0.15, 0.2) is 0 Å². The Morgan fingerprint density at radius 3 is 2.56 bits per heavy atom. The fourth-order valence-electron chi connectivity index (χ4n) is 2.29. The zero-order valence-electron chi connectivity index (χ0n) is 12.0. The predicted molar refractivity (Wildman–Crippen MR) is 78.2 cm³/mol. The second-order valence-electron chi connectivity index (χ2n) is 4.66. The minimum Gasteiger partial charge on any atom is -0.494 e. The summed E-state index contributed by atoms with van der Waals surface area (Å²) >= 11 is 0. The van der Waals surface area contributed by atoms with Crippen LogP contribution < -0.4 is 10.1 Å². The van der Waals surface area contributed by atoms with Gasteiger partial charge in [0.1, 0.15) is 5.75 Å². The van der Waals surface area contributed by atoms with Crippen LogP contribution in [0.2, 0.25) is 0 Å². The van der Waals surface area contributed by atoms with E-state index >= 15 is 0 Å². The molecule has 0 aliphatic carbocycles. The van der Waals surface area contributed by atoms with Crippen molar-refractivity contribution in [3.8, 4) is 5.75 Å². The first-order valence-electron chi connectivity index (χ1n) is 7.22. The van der Waals surface area contributed by atoms with E-state index in [-0.39, 0.29) is 0 Å². The number of para-hydroxylation sites is 1. The summed E-state index contributed by atoms with van der Waals surface area (Å²) in [6.07, 6.45) is 6.41. The standard InChI is InChI=1S/C16H27NO/c1-4-6-7-8-12-15(17-3)14-11-9-10-13-16(14)18-5-2/h9-11,13,15,17H,4-8,12H2,1-3H3. The van der Waals surface area contributed by atoms with Crippen LogP contribution in [-0.2, 0) is 0 Å². The summed E-state index contributed by atoms with van der Waals surface area (Å²) in [4.78, 5) is 0. The van der Waals surface area contributed by atoms with Crippen LogP contribution in [0.15, 0.2) is 24.3 Å². The Labute approximate surface area is 112 Å². The molecule has 18 heavy (non-hydrogen) atoms. The molecule has 1 N–H and O–H groups in total. The van der Waals surface area contributed by atoms with E-state index in [1.165, 1.54) is 37.7 Å². The van der Waals surface area contributed by atoms with Gasteiger partial charge in [-0.15, -0.1) is 0 Å². The summed E-state index contributed by atoms with van der Waals surface area (Å²) in [7, 11) is 2.03. The fourth-order valence-corrected chi connectivity index (χ4v) is 2.29. The minimum absolute atomic E-state index is 0.407. The largest absolute Gasteiger partial charge is 0.494 e. The number of rotatable bonds is 9. The van der Waals surface area contributed by atoms with Gasteiger partial charge in [-0.3, -0.25) is 0 Å². The molecule has 0 spiro atoms. The molecule has 1 atom stereocenters. The van der Waals surface area contributed by atoms with Crippen molar-refractivity contribution in [1.29, 1.82) is 0 Å². The number of nitrogens with one attached hydrogen (secondary N) is 1. The highest BCUT2D eigenvalue weighted by molar-refractivity contribution is 5.35. The van der Waals surface area contributed by atoms with Crippen molar-refractivity contribution < 1.29 is 4.74 Å². The average Bonchev–Trinajstić information content (AvgIpc) is 2.41. The topological polar surface area (TPSA) is 21.3 Å². The van der Waals surface area contributed by atoms with Gasteiger partial charge in [0, 0.05) is 11.6 Å². The molecule has 0 saturated carbocycles. The van der Waals surface area contributed by atoms with E-state index < -0.39 is 0 Å². The maximum atomic E-state index is 5.71. The van der Waals surface area contributed by atoms with E-state index in [0.717, 1.165) is 12.4 Å². The summed E-state index contributed by atoms with van der Waals surface area (Å²) in [5.74, 6) is 1.02. The number of unbranched alkanes of at least 4 members (excludes halogenated alkanes) is 3. The van der Waals surface area contributed by atoms with Crippen molar-refractivity contribution in [1.82, 2.24) is 5.32 Å². The Morgan fingerprint density at radius 1 is 1.11 bits per heavy atom. The third kappa shape index (κ3) is 4.69. The summed E-state index contributed by atoms with van der Waals surface area (Å²) in [6.45, 7) is 5.01. The van der Waals surface area contributed by atoms with E-state index in [4.69, 9.17) is 4.74 Å². The van der Waals surface area contributed by atoms with Crippen LogP contribution in [0.3, 0.4) is 0 Å². The first-order valence-corrected chi connectivity index (χ1v) is 7.22. The highest BCUT2D eigenvalue weighted by atomic mass is 16.5. The second kappa shape index (κ2) is 8.98. The van der Waals surface area contributed by atoms with Gasteiger partial charge in [0.25, 0.3) is 0 Å². The Bertz CT molecular complexity index is 325. The SMILES string of the molecule is CCCCCCC(NC)c1ccccc1OCC. The van der Waals surface area contributed by atoms with E-state index in [1.807, 2.05) is 20.0 Å². The number of hydrogen-bond acceptors (Lipinski definition) is 2. The van der Waals surface area contributed by atoms with Gasteiger partial charge in [-0.05, 0) is 26.5 Å². The zero-order chi connectivity index (χ0) is 13.2. The van der Waals surface area contributed by atoms with Gasteiger partial charge in [0.2, 0.25) is 0 Å². The fraction of sp³-hybridized carbons (Fsp3) is 0.625. The van der Waals surface area contributed by atoms with Crippen molar-refractivity contribution in [2.24, 2.45) is 0 Å². The van der Waals surface area contributed by atoms with Gasteiger partial charge < -0.3 is 10.1 Å². The lowest BCUT2D eigenvalue weighted by Crippen LogP contribution is -2.17. The van der Waals surface area contributed by atoms with Crippen LogP contribution in [0.1, 0.15) is 57.6 Å². The normalized spacial score (nSPS) is 12.4. The Balaban J connectivity index is 2.62. The molecule has 0 saturated heterocycles. The second-order valence-corrected chi connectivity index (χ2v) is 4.66. The van der Waals surface area contributed by atoms with E-state index in [2.05, 4.69) is 30.4 Å². The van der Waals surface area contributed by atoms with Gasteiger partial charge in [-0.2, -0.15) is 0 Å². The molecule has 0 heterocycles. The number of hydrogen-bond donors (Lipinski definition) is 1. The molecular weight excluding hydrogens is 222 g/mol. The lowest BCUT2D eigenvalue weighted by Gasteiger charge is -2.19. The molecular formula is C16H27NO. The van der Waals surface area contributed by atoms with Gasteiger partial charge >= 0.3 is 0 Å². The molecule has 2 heteroatoms. The Morgan fingerprint density at radius 2 is 1.89 bits per heavy atom. The van der Waals surface area contributed by atoms with Crippen LogP contribution in [0.4, 0.5) is 0 Å². The van der Waals surface area contributed by atoms with Gasteiger partial charge in [-0.25, -0.2) is 0 Å². The molecule has 1 rings (SSSR count). The molecule has 102 valence electrons. The highest BCUT2D eigenvalue weighted by Crippen LogP contribution is 2.28. The summed E-state index contributed by atoms with van der Waals surface area (Å²) < 4.78 is 5.71. The van der Waals surface area contributed by atoms with E-state index in [1.54, 1.807) is 0 Å². The van der Waals surface area contributed by atoms with Crippen LogP contribution in [-0.4, -0.2) is 13.7 Å². The van der Waals surface area contributed by atoms with Crippen LogP contribution in [0.5, 0.6) is 5.75 Å². The summed E-state index contributed by atoms with van der Waals surface area (Å²) in [5, 5.41) is 3.41. The molecule has 0 radical (unpaired) electrons. The minimum atomic E-state index is 0.407. The monoisotopic (exact) mass is 249 g/mol. The Kier molecular flexibility index (Phi) is 7.51. The summed E-state index contributed by atoms with van der Waals surface area (Å²) in [6, 6.07) is 8.78. The summed E-state index contributed by atoms with van der Waals surface area (Å²) in [5.41, 5.74) is 1.29. The molecule has 0 fully saturated rings. The van der Waals surface area contributed by atoms with Crippen molar-refractivity contribution in [2.75, 3.05) is 13.7 Å². The molecule has 2 nitrogen and oxygen atoms in total. The van der Waals surface area contributed by atoms with Crippen molar-refractivity contribution >= 4 is 0 Å². The molecule has 0 aromatic heterocycles. The number of benzene rings is 1. The molecule has 0 amide bonds. The molecule has 1 aromatic rings. The molecule has 1 unspecified atom stereocenters. The van der Waals surface area contributed by atoms with Crippen LogP contribution in [0, 0.1) is 0 Å². The van der Waals surface area contributed by atoms with Crippen LogP contribution in [0.25, 0.3) is 0 Å². The van der Waals surface area contributed by atoms with Crippen molar-refractivity contribution in [2.45, 2.75) is 52.0 Å². The van der Waals surface area contributed by atoms with Gasteiger partial charge in [-0.1, -0.05) is 50.8 Å². The zero-order valence-corrected chi connectivity index (χ0v) is 12.0. The smallest absolute Gasteiger partial charge is 0.124 e. The number of ether oxygens (including phenoxy) is 1. The maximum Gasteiger partial charge on any atom is 0.124 e. The highest BCUT2D eigenvalue weighted by Gasteiger charge is 2.13. The van der Waals surface area contributed by atoms with Crippen molar-refractivity contribution in [3.05, 3.63) is 29.8 Å². The lowest BCUT2D eigenvalue weighted by atomic mass is 9.99. The van der Waals surface area contributed by atoms with E-state index in [0.29, 0.717) is 6.04 Å². The third-order valence-corrected chi connectivity index (χ3v) is 3.29. The first-order chi connectivity index (χ1) is 8.83. The molecule has 0 aliphatic heterocycles. The first kappa shape index (κ1) is 15.0. The maximum absolute atomic E-state index is 5.71. The third-order valence-electron chi connectivity index (χ3n) is 3.29. The Hall–Kier alpha value is -1.02. The quantitative estimate of drug-likeness (QED) is 0.658. The van der Waals surface area contributed by atoms with Crippen molar-refractivity contribution in [3.63, 3.8) is 0 Å². The molecule has 0 aliphatic rings. The molecule has 0 bridgehead atoms.